The van der Waals surface area contributed by atoms with E-state index in [0.717, 1.165) is 6.07 Å². The number of halogens is 1. The van der Waals surface area contributed by atoms with Crippen LogP contribution in [0.25, 0.3) is 0 Å². The maximum atomic E-state index is 12.8. The molecule has 0 aliphatic rings. The monoisotopic (exact) mass is 258 g/mol. The molecule has 17 heavy (non-hydrogen) atoms. The van der Waals surface area contributed by atoms with Crippen molar-refractivity contribution in [2.75, 3.05) is 18.0 Å². The lowest BCUT2D eigenvalue weighted by atomic mass is 10.3. The van der Waals surface area contributed by atoms with Gasteiger partial charge in [-0.2, -0.15) is 0 Å². The topological polar surface area (TPSA) is 72.2 Å². The lowest BCUT2D eigenvalue weighted by molar-refractivity contribution is -0.120. The molecule has 0 radical (unpaired) electrons. The Morgan fingerprint density at radius 1 is 1.53 bits per heavy atom. The molecule has 94 valence electrons. The van der Waals surface area contributed by atoms with Crippen LogP contribution in [-0.2, 0) is 15.6 Å². The maximum Gasteiger partial charge on any atom is 0.220 e. The largest absolute Gasteiger partial charge is 0.398 e. The minimum atomic E-state index is -1.38. The van der Waals surface area contributed by atoms with E-state index in [-0.39, 0.29) is 23.8 Å². The Labute approximate surface area is 102 Å². The van der Waals surface area contributed by atoms with Gasteiger partial charge >= 0.3 is 0 Å². The molecule has 0 aliphatic heterocycles. The van der Waals surface area contributed by atoms with Crippen molar-refractivity contribution in [2.24, 2.45) is 0 Å². The number of nitrogens with two attached hydrogens (primary N) is 1. The molecule has 0 bridgehead atoms. The Kier molecular flexibility index (Phi) is 5.09. The van der Waals surface area contributed by atoms with E-state index in [2.05, 4.69) is 5.32 Å². The smallest absolute Gasteiger partial charge is 0.220 e. The minimum absolute atomic E-state index is 0.151. The number of anilines is 1. The molecule has 3 N–H and O–H groups in total. The third-order valence-electron chi connectivity index (χ3n) is 2.11. The van der Waals surface area contributed by atoms with Crippen LogP contribution >= 0.6 is 0 Å². The molecule has 1 atom stereocenters. The third kappa shape index (κ3) is 4.14. The van der Waals surface area contributed by atoms with Gasteiger partial charge in [0.05, 0.1) is 21.4 Å². The lowest BCUT2D eigenvalue weighted by Crippen LogP contribution is -2.24. The average molecular weight is 258 g/mol. The number of amides is 1. The number of carbonyl (C=O) groups excluding carboxylic acids is 1. The van der Waals surface area contributed by atoms with Crippen molar-refractivity contribution < 1.29 is 13.4 Å². The summed E-state index contributed by atoms with van der Waals surface area (Å²) in [5, 5.41) is 2.61. The first kappa shape index (κ1) is 13.6. The molecule has 1 aromatic carbocycles. The summed E-state index contributed by atoms with van der Waals surface area (Å²) in [5.74, 6) is -0.435. The Hall–Kier alpha value is -1.43. The van der Waals surface area contributed by atoms with Crippen LogP contribution in [0, 0.1) is 5.82 Å². The van der Waals surface area contributed by atoms with Crippen LogP contribution in [0.1, 0.15) is 13.3 Å². The van der Waals surface area contributed by atoms with Gasteiger partial charge < -0.3 is 11.1 Å². The summed E-state index contributed by atoms with van der Waals surface area (Å²) in [5.41, 5.74) is 5.71. The van der Waals surface area contributed by atoms with Crippen LogP contribution in [0.5, 0.6) is 0 Å². The zero-order valence-electron chi connectivity index (χ0n) is 9.53. The summed E-state index contributed by atoms with van der Waals surface area (Å²) in [4.78, 5) is 11.6. The van der Waals surface area contributed by atoms with Gasteiger partial charge in [-0.1, -0.05) is 0 Å². The molecule has 0 saturated heterocycles. The highest BCUT2D eigenvalue weighted by molar-refractivity contribution is 7.85. The van der Waals surface area contributed by atoms with Gasteiger partial charge in [-0.3, -0.25) is 9.00 Å². The van der Waals surface area contributed by atoms with E-state index < -0.39 is 16.6 Å². The molecule has 1 amide bonds. The van der Waals surface area contributed by atoms with Gasteiger partial charge in [0.25, 0.3) is 0 Å². The highest BCUT2D eigenvalue weighted by Gasteiger charge is 2.10. The number of nitrogen functional groups attached to an aromatic ring is 1. The van der Waals surface area contributed by atoms with Crippen molar-refractivity contribution in [3.63, 3.8) is 0 Å². The fourth-order valence-corrected chi connectivity index (χ4v) is 2.44. The summed E-state index contributed by atoms with van der Waals surface area (Å²) in [6.45, 7) is 2.36. The zero-order valence-corrected chi connectivity index (χ0v) is 10.3. The van der Waals surface area contributed by atoms with E-state index in [9.17, 15) is 13.4 Å². The molecule has 0 aromatic heterocycles. The molecule has 1 aromatic rings. The molecular formula is C11H15FN2O2S. The SMILES string of the molecule is CCNC(=O)CCS(=O)c1ccc(F)cc1N. The quantitative estimate of drug-likeness (QED) is 0.775. The molecule has 0 spiro atoms. The first-order chi connectivity index (χ1) is 8.04. The molecule has 1 rings (SSSR count). The second kappa shape index (κ2) is 6.34. The van der Waals surface area contributed by atoms with E-state index in [1.807, 2.05) is 6.92 Å². The standard InChI is InChI=1S/C11H15FN2O2S/c1-2-14-11(15)5-6-17(16)10-4-3-8(12)7-9(10)13/h3-4,7H,2,5-6,13H2,1H3,(H,14,15). The third-order valence-corrected chi connectivity index (χ3v) is 3.54. The number of hydrogen-bond acceptors (Lipinski definition) is 3. The van der Waals surface area contributed by atoms with Crippen LogP contribution in [0.4, 0.5) is 10.1 Å². The number of rotatable bonds is 5. The van der Waals surface area contributed by atoms with Gasteiger partial charge in [-0.05, 0) is 25.1 Å². The molecule has 6 heteroatoms. The fraction of sp³-hybridized carbons (Fsp3) is 0.364. The first-order valence-electron chi connectivity index (χ1n) is 5.24. The first-order valence-corrected chi connectivity index (χ1v) is 6.56. The van der Waals surface area contributed by atoms with Crippen LogP contribution in [0.2, 0.25) is 0 Å². The normalized spacial score (nSPS) is 12.1. The van der Waals surface area contributed by atoms with Crippen LogP contribution < -0.4 is 11.1 Å². The van der Waals surface area contributed by atoms with E-state index in [1.54, 1.807) is 0 Å². The molecule has 0 aliphatic carbocycles. The summed E-state index contributed by atoms with van der Waals surface area (Å²) >= 11 is 0. The molecular weight excluding hydrogens is 243 g/mol. The van der Waals surface area contributed by atoms with Crippen molar-refractivity contribution in [3.8, 4) is 0 Å². The molecule has 0 heterocycles. The number of nitrogens with one attached hydrogen (secondary N) is 1. The fourth-order valence-electron chi connectivity index (χ4n) is 1.31. The van der Waals surface area contributed by atoms with Crippen molar-refractivity contribution >= 4 is 22.4 Å². The van der Waals surface area contributed by atoms with Gasteiger partial charge in [-0.15, -0.1) is 0 Å². The van der Waals surface area contributed by atoms with Crippen LogP contribution in [0.3, 0.4) is 0 Å². The van der Waals surface area contributed by atoms with E-state index >= 15 is 0 Å². The van der Waals surface area contributed by atoms with E-state index in [4.69, 9.17) is 5.73 Å². The van der Waals surface area contributed by atoms with Gasteiger partial charge in [0.1, 0.15) is 5.82 Å². The van der Waals surface area contributed by atoms with Gasteiger partial charge in [0.15, 0.2) is 0 Å². The second-order valence-corrected chi connectivity index (χ2v) is 4.97. The summed E-state index contributed by atoms with van der Waals surface area (Å²) in [6.07, 6.45) is 0.164. The predicted octanol–water partition coefficient (Wildman–Crippen LogP) is 1.04. The Morgan fingerprint density at radius 3 is 2.82 bits per heavy atom. The second-order valence-electron chi connectivity index (χ2n) is 3.44. The lowest BCUT2D eigenvalue weighted by Gasteiger charge is -2.06. The van der Waals surface area contributed by atoms with Crippen molar-refractivity contribution in [1.29, 1.82) is 0 Å². The zero-order chi connectivity index (χ0) is 12.8. The average Bonchev–Trinajstić information content (AvgIpc) is 2.26. The highest BCUT2D eigenvalue weighted by Crippen LogP contribution is 2.18. The predicted molar refractivity (Wildman–Crippen MR) is 65.4 cm³/mol. The maximum absolute atomic E-state index is 12.8. The minimum Gasteiger partial charge on any atom is -0.398 e. The van der Waals surface area contributed by atoms with E-state index in [1.165, 1.54) is 12.1 Å². The Morgan fingerprint density at radius 2 is 2.24 bits per heavy atom. The Bertz CT molecular complexity index is 437. The van der Waals surface area contributed by atoms with Gasteiger partial charge in [-0.25, -0.2) is 4.39 Å². The number of carbonyl (C=O) groups is 1. The summed E-state index contributed by atoms with van der Waals surface area (Å²) < 4.78 is 24.6. The van der Waals surface area contributed by atoms with Gasteiger partial charge in [0.2, 0.25) is 5.91 Å². The van der Waals surface area contributed by atoms with Crippen LogP contribution in [0.15, 0.2) is 23.1 Å². The summed E-state index contributed by atoms with van der Waals surface area (Å²) in [6, 6.07) is 3.72. The van der Waals surface area contributed by atoms with E-state index in [0.29, 0.717) is 11.4 Å². The number of benzene rings is 1. The molecule has 0 fully saturated rings. The van der Waals surface area contributed by atoms with Gasteiger partial charge in [0, 0.05) is 18.7 Å². The number of hydrogen-bond donors (Lipinski definition) is 2. The Balaban J connectivity index is 2.61. The molecule has 4 nitrogen and oxygen atoms in total. The van der Waals surface area contributed by atoms with Crippen molar-refractivity contribution in [3.05, 3.63) is 24.0 Å². The highest BCUT2D eigenvalue weighted by atomic mass is 32.2. The molecule has 1 unspecified atom stereocenters. The van der Waals surface area contributed by atoms with Crippen molar-refractivity contribution in [1.82, 2.24) is 5.32 Å². The summed E-state index contributed by atoms with van der Waals surface area (Å²) in [7, 11) is -1.38. The van der Waals surface area contributed by atoms with Crippen molar-refractivity contribution in [2.45, 2.75) is 18.2 Å². The van der Waals surface area contributed by atoms with Crippen LogP contribution in [-0.4, -0.2) is 22.4 Å². The molecule has 0 saturated carbocycles.